The topological polar surface area (TPSA) is 116 Å². The summed E-state index contributed by atoms with van der Waals surface area (Å²) < 4.78 is 32.8. The van der Waals surface area contributed by atoms with E-state index in [4.69, 9.17) is 4.74 Å². The predicted molar refractivity (Wildman–Crippen MR) is 97.8 cm³/mol. The molecule has 3 rings (SSSR count). The number of aromatic nitrogens is 3. The molecule has 152 valence electrons. The highest BCUT2D eigenvalue weighted by Gasteiger charge is 2.29. The minimum absolute atomic E-state index is 0.00287. The van der Waals surface area contributed by atoms with E-state index in [1.54, 1.807) is 7.05 Å². The first kappa shape index (κ1) is 20.0. The summed E-state index contributed by atoms with van der Waals surface area (Å²) in [5.41, 5.74) is -0.345. The van der Waals surface area contributed by atoms with Crippen molar-refractivity contribution in [3.05, 3.63) is 16.3 Å². The number of sulfonamides is 1. The van der Waals surface area contributed by atoms with Gasteiger partial charge in [0.2, 0.25) is 15.9 Å². The largest absolute Gasteiger partial charge is 0.376 e. The van der Waals surface area contributed by atoms with Gasteiger partial charge in [-0.25, -0.2) is 22.2 Å². The van der Waals surface area contributed by atoms with Crippen LogP contribution in [0.1, 0.15) is 37.4 Å². The Labute approximate surface area is 158 Å². The molecule has 2 aliphatic heterocycles. The van der Waals surface area contributed by atoms with Crippen molar-refractivity contribution in [1.29, 1.82) is 0 Å². The predicted octanol–water partition coefficient (Wildman–Crippen LogP) is -0.984. The molecule has 0 bridgehead atoms. The fourth-order valence-corrected chi connectivity index (χ4v) is 4.51. The van der Waals surface area contributed by atoms with Crippen LogP contribution in [0.25, 0.3) is 0 Å². The number of carbonyl (C=O) groups excluding carboxylic acids is 1. The molecule has 1 unspecified atom stereocenters. The van der Waals surface area contributed by atoms with Crippen molar-refractivity contribution >= 4 is 15.9 Å². The number of amides is 1. The van der Waals surface area contributed by atoms with E-state index in [2.05, 4.69) is 10.4 Å². The Kier molecular flexibility index (Phi) is 6.02. The molecule has 10 nitrogen and oxygen atoms in total. The average molecular weight is 401 g/mol. The number of nitrogens with one attached hydrogen (secondary N) is 1. The van der Waals surface area contributed by atoms with Crippen LogP contribution in [0.2, 0.25) is 0 Å². The first-order valence-corrected chi connectivity index (χ1v) is 11.1. The van der Waals surface area contributed by atoms with Gasteiger partial charge in [0.25, 0.3) is 0 Å². The molecule has 27 heavy (non-hydrogen) atoms. The molecule has 0 spiro atoms. The Morgan fingerprint density at radius 2 is 2.00 bits per heavy atom. The van der Waals surface area contributed by atoms with Crippen LogP contribution in [0.15, 0.2) is 4.79 Å². The average Bonchev–Trinajstić information content (AvgIpc) is 3.23. The van der Waals surface area contributed by atoms with Crippen molar-refractivity contribution < 1.29 is 17.9 Å². The Hall–Kier alpha value is -1.72. The van der Waals surface area contributed by atoms with E-state index in [9.17, 15) is 18.0 Å². The summed E-state index contributed by atoms with van der Waals surface area (Å²) in [4.78, 5) is 24.5. The summed E-state index contributed by atoms with van der Waals surface area (Å²) in [6.07, 6.45) is 4.38. The van der Waals surface area contributed by atoms with E-state index in [1.165, 1.54) is 19.8 Å². The van der Waals surface area contributed by atoms with Gasteiger partial charge in [0.1, 0.15) is 12.4 Å². The van der Waals surface area contributed by atoms with Crippen LogP contribution in [0.5, 0.6) is 0 Å². The maximum Gasteiger partial charge on any atom is 0.346 e. The summed E-state index contributed by atoms with van der Waals surface area (Å²) >= 11 is 0. The molecule has 2 fully saturated rings. The zero-order chi connectivity index (χ0) is 19.6. The van der Waals surface area contributed by atoms with Crippen molar-refractivity contribution in [2.24, 2.45) is 7.05 Å². The van der Waals surface area contributed by atoms with Crippen LogP contribution < -0.4 is 11.0 Å². The van der Waals surface area contributed by atoms with Gasteiger partial charge in [-0.15, -0.1) is 0 Å². The zero-order valence-corrected chi connectivity index (χ0v) is 16.6. The molecule has 1 amide bonds. The molecule has 1 aromatic rings. The minimum Gasteiger partial charge on any atom is -0.376 e. The molecule has 1 N–H and O–H groups in total. The van der Waals surface area contributed by atoms with Gasteiger partial charge >= 0.3 is 5.69 Å². The van der Waals surface area contributed by atoms with Crippen LogP contribution in [-0.2, 0) is 33.1 Å². The van der Waals surface area contributed by atoms with Crippen LogP contribution in [0.4, 0.5) is 0 Å². The van der Waals surface area contributed by atoms with Crippen LogP contribution in [0, 0.1) is 0 Å². The Morgan fingerprint density at radius 3 is 2.59 bits per heavy atom. The molecule has 2 aliphatic rings. The van der Waals surface area contributed by atoms with Gasteiger partial charge in [-0.1, -0.05) is 0 Å². The summed E-state index contributed by atoms with van der Waals surface area (Å²) in [6, 6.07) is 0. The molecule has 1 aromatic heterocycles. The smallest absolute Gasteiger partial charge is 0.346 e. The van der Waals surface area contributed by atoms with Gasteiger partial charge in [-0.3, -0.25) is 9.36 Å². The lowest BCUT2D eigenvalue weighted by molar-refractivity contribution is -0.122. The first-order valence-electron chi connectivity index (χ1n) is 9.23. The third-order valence-corrected chi connectivity index (χ3v) is 6.51. The summed E-state index contributed by atoms with van der Waals surface area (Å²) in [5, 5.41) is 7.13. The SMILES string of the molecule is Cn1c(C2CCN(S(C)(=O)=O)CC2)nn(CC(=O)NCC2CCCO2)c1=O. The molecular weight excluding hydrogens is 374 g/mol. The van der Waals surface area contributed by atoms with Crippen LogP contribution >= 0.6 is 0 Å². The summed E-state index contributed by atoms with van der Waals surface area (Å²) in [5.74, 6) is 0.320. The molecule has 2 saturated heterocycles. The van der Waals surface area contributed by atoms with Gasteiger partial charge < -0.3 is 10.1 Å². The van der Waals surface area contributed by atoms with E-state index < -0.39 is 10.0 Å². The number of carbonyl (C=O) groups is 1. The van der Waals surface area contributed by atoms with Crippen molar-refractivity contribution in [2.75, 3.05) is 32.5 Å². The number of rotatable bonds is 6. The van der Waals surface area contributed by atoms with Crippen LogP contribution in [0.3, 0.4) is 0 Å². The second-order valence-corrected chi connectivity index (χ2v) is 9.22. The molecular formula is C16H27N5O5S. The van der Waals surface area contributed by atoms with Crippen molar-refractivity contribution in [2.45, 2.75) is 44.2 Å². The molecule has 3 heterocycles. The fourth-order valence-electron chi connectivity index (χ4n) is 3.63. The lowest BCUT2D eigenvalue weighted by atomic mass is 9.97. The minimum atomic E-state index is -3.20. The summed E-state index contributed by atoms with van der Waals surface area (Å²) in [6.45, 7) is 1.85. The molecule has 0 aromatic carbocycles. The number of hydrogen-bond acceptors (Lipinski definition) is 6. The van der Waals surface area contributed by atoms with Crippen molar-refractivity contribution in [3.63, 3.8) is 0 Å². The van der Waals surface area contributed by atoms with Gasteiger partial charge in [0.15, 0.2) is 0 Å². The van der Waals surface area contributed by atoms with Crippen LogP contribution in [-0.4, -0.2) is 71.6 Å². The molecule has 11 heteroatoms. The second kappa shape index (κ2) is 8.11. The Morgan fingerprint density at radius 1 is 1.30 bits per heavy atom. The summed E-state index contributed by atoms with van der Waals surface area (Å²) in [7, 11) is -1.56. The zero-order valence-electron chi connectivity index (χ0n) is 15.8. The number of hydrogen-bond donors (Lipinski definition) is 1. The van der Waals surface area contributed by atoms with E-state index in [0.717, 1.165) is 19.4 Å². The monoisotopic (exact) mass is 401 g/mol. The van der Waals surface area contributed by atoms with E-state index in [1.807, 2.05) is 0 Å². The normalized spacial score (nSPS) is 22.2. The third-order valence-electron chi connectivity index (χ3n) is 5.21. The lowest BCUT2D eigenvalue weighted by Gasteiger charge is -2.29. The third kappa shape index (κ3) is 4.77. The molecule has 1 atom stereocenters. The maximum atomic E-state index is 12.4. The Bertz CT molecular complexity index is 832. The number of piperidine rings is 1. The highest BCUT2D eigenvalue weighted by molar-refractivity contribution is 7.88. The van der Waals surface area contributed by atoms with Crippen molar-refractivity contribution in [3.8, 4) is 0 Å². The number of nitrogens with zero attached hydrogens (tertiary/aromatic N) is 4. The highest BCUT2D eigenvalue weighted by Crippen LogP contribution is 2.26. The Balaban J connectivity index is 1.60. The maximum absolute atomic E-state index is 12.4. The highest BCUT2D eigenvalue weighted by atomic mass is 32.2. The van der Waals surface area contributed by atoms with E-state index in [-0.39, 0.29) is 30.2 Å². The standard InChI is InChI=1S/C16H27N5O5S/c1-19-15(12-5-7-20(8-6-12)27(2,24)25)18-21(16(19)23)11-14(22)17-10-13-4-3-9-26-13/h12-13H,3-11H2,1-2H3,(H,17,22). The van der Waals surface area contributed by atoms with Crippen molar-refractivity contribution in [1.82, 2.24) is 24.0 Å². The van der Waals surface area contributed by atoms with Gasteiger partial charge in [-0.05, 0) is 25.7 Å². The van der Waals surface area contributed by atoms with Gasteiger partial charge in [0.05, 0.1) is 12.4 Å². The quantitative estimate of drug-likeness (QED) is 0.655. The molecule has 0 saturated carbocycles. The fraction of sp³-hybridized carbons (Fsp3) is 0.812. The lowest BCUT2D eigenvalue weighted by Crippen LogP contribution is -2.37. The first-order chi connectivity index (χ1) is 12.8. The van der Waals surface area contributed by atoms with Gasteiger partial charge in [-0.2, -0.15) is 5.10 Å². The molecule has 0 aliphatic carbocycles. The van der Waals surface area contributed by atoms with E-state index in [0.29, 0.717) is 38.3 Å². The van der Waals surface area contributed by atoms with Gasteiger partial charge in [0, 0.05) is 39.2 Å². The second-order valence-electron chi connectivity index (χ2n) is 7.23. The van der Waals surface area contributed by atoms with E-state index >= 15 is 0 Å². The number of ether oxygens (including phenoxy) is 1. The molecule has 0 radical (unpaired) electrons.